The van der Waals surface area contributed by atoms with Gasteiger partial charge in [-0.05, 0) is 43.7 Å². The monoisotopic (exact) mass is 475 g/mol. The van der Waals surface area contributed by atoms with Crippen molar-refractivity contribution < 1.29 is 4.79 Å². The third-order valence-electron chi connectivity index (χ3n) is 5.76. The van der Waals surface area contributed by atoms with Crippen molar-refractivity contribution in [1.29, 1.82) is 0 Å². The minimum Gasteiger partial charge on any atom is -0.360 e. The summed E-state index contributed by atoms with van der Waals surface area (Å²) in [5.41, 5.74) is 2.24. The molecule has 2 N–H and O–H groups in total. The lowest BCUT2D eigenvalue weighted by molar-refractivity contribution is 0.0796. The number of hydrogen-bond acceptors (Lipinski definition) is 7. The highest BCUT2D eigenvalue weighted by Gasteiger charge is 2.28. The van der Waals surface area contributed by atoms with E-state index in [-0.39, 0.29) is 11.5 Å². The number of fused-ring (bicyclic) bond motifs is 2. The number of carbonyl (C=O) groups is 1. The number of rotatable bonds is 4. The molecule has 10 heteroatoms. The lowest BCUT2D eigenvalue weighted by atomic mass is 10.1. The molecule has 2 aromatic heterocycles. The highest BCUT2D eigenvalue weighted by molar-refractivity contribution is 6.35. The Hall–Kier alpha value is -3.98. The molecule has 34 heavy (non-hydrogen) atoms. The molecule has 1 amide bonds. The Bertz CT molecular complexity index is 1500. The number of halogens is 1. The molecule has 2 aromatic carbocycles. The van der Waals surface area contributed by atoms with E-state index in [4.69, 9.17) is 16.6 Å². The van der Waals surface area contributed by atoms with Crippen LogP contribution in [-0.2, 0) is 0 Å². The molecule has 0 saturated heterocycles. The Morgan fingerprint density at radius 3 is 2.74 bits per heavy atom. The standard InChI is InChI=1S/C24H22ClN7O2/c1-13-6-4-7-15(10-13)32-22(30-17-9-5-8-16(25)18(17)24(32)34)14(2)29-21-19-20(26-11-27-21)28-12-31(3)23(19)33/h4-11,14H,12H2,1-3H3,(H2,26,27,28,29). The summed E-state index contributed by atoms with van der Waals surface area (Å²) in [6.45, 7) is 4.18. The number of anilines is 2. The zero-order chi connectivity index (χ0) is 24.0. The topological polar surface area (TPSA) is 105 Å². The van der Waals surface area contributed by atoms with E-state index in [2.05, 4.69) is 20.6 Å². The van der Waals surface area contributed by atoms with Crippen molar-refractivity contribution in [3.8, 4) is 5.69 Å². The fraction of sp³-hybridized carbons (Fsp3) is 0.208. The number of nitrogens with zero attached hydrogens (tertiary/aromatic N) is 5. The van der Waals surface area contributed by atoms with Crippen molar-refractivity contribution in [1.82, 2.24) is 24.4 Å². The van der Waals surface area contributed by atoms with Crippen LogP contribution in [0.1, 0.15) is 34.7 Å². The molecule has 9 nitrogen and oxygen atoms in total. The summed E-state index contributed by atoms with van der Waals surface area (Å²) in [7, 11) is 1.70. The maximum Gasteiger partial charge on any atom is 0.267 e. The quantitative estimate of drug-likeness (QED) is 0.463. The van der Waals surface area contributed by atoms with Gasteiger partial charge in [0, 0.05) is 7.05 Å². The number of amides is 1. The molecule has 5 rings (SSSR count). The van der Waals surface area contributed by atoms with Crippen molar-refractivity contribution in [3.05, 3.63) is 81.1 Å². The van der Waals surface area contributed by atoms with Gasteiger partial charge in [0.05, 0.1) is 34.3 Å². The average molecular weight is 476 g/mol. The van der Waals surface area contributed by atoms with E-state index in [9.17, 15) is 9.59 Å². The molecule has 172 valence electrons. The molecule has 0 bridgehead atoms. The Morgan fingerprint density at radius 1 is 1.15 bits per heavy atom. The van der Waals surface area contributed by atoms with Crippen LogP contribution in [0, 0.1) is 6.92 Å². The molecule has 1 aliphatic heterocycles. The predicted octanol–water partition coefficient (Wildman–Crippen LogP) is 3.77. The van der Waals surface area contributed by atoms with Crippen LogP contribution in [-0.4, -0.2) is 44.0 Å². The smallest absolute Gasteiger partial charge is 0.267 e. The SMILES string of the molecule is Cc1cccc(-n2c(C(C)Nc3ncnc4c3C(=O)N(C)CN4)nc3cccc(Cl)c3c2=O)c1. The molecule has 0 spiro atoms. The highest BCUT2D eigenvalue weighted by Crippen LogP contribution is 2.29. The first kappa shape index (κ1) is 21.8. The number of aryl methyl sites for hydroxylation is 1. The van der Waals surface area contributed by atoms with E-state index < -0.39 is 6.04 Å². The van der Waals surface area contributed by atoms with E-state index in [0.717, 1.165) is 5.56 Å². The molecule has 1 atom stereocenters. The van der Waals surface area contributed by atoms with Gasteiger partial charge in [0.15, 0.2) is 0 Å². The van der Waals surface area contributed by atoms with Crippen LogP contribution in [0.25, 0.3) is 16.6 Å². The highest BCUT2D eigenvalue weighted by atomic mass is 35.5. The van der Waals surface area contributed by atoms with Gasteiger partial charge in [-0.25, -0.2) is 15.0 Å². The third-order valence-corrected chi connectivity index (χ3v) is 6.08. The third kappa shape index (κ3) is 3.63. The number of hydrogen-bond donors (Lipinski definition) is 2. The Labute approximate surface area is 200 Å². The maximum atomic E-state index is 13.7. The van der Waals surface area contributed by atoms with Gasteiger partial charge in [0.25, 0.3) is 11.5 Å². The van der Waals surface area contributed by atoms with E-state index in [1.165, 1.54) is 6.33 Å². The van der Waals surface area contributed by atoms with Gasteiger partial charge < -0.3 is 15.5 Å². The molecular formula is C24H22ClN7O2. The van der Waals surface area contributed by atoms with Gasteiger partial charge in [-0.15, -0.1) is 0 Å². The summed E-state index contributed by atoms with van der Waals surface area (Å²) in [5.74, 6) is 1.08. The molecule has 0 saturated carbocycles. The van der Waals surface area contributed by atoms with Crippen LogP contribution in [0.5, 0.6) is 0 Å². The molecular weight excluding hydrogens is 454 g/mol. The summed E-state index contributed by atoms with van der Waals surface area (Å²) >= 11 is 6.39. The van der Waals surface area contributed by atoms with Gasteiger partial charge in [-0.1, -0.05) is 29.8 Å². The van der Waals surface area contributed by atoms with Crippen molar-refractivity contribution >= 4 is 40.0 Å². The fourth-order valence-electron chi connectivity index (χ4n) is 4.07. The molecule has 4 aromatic rings. The minimum atomic E-state index is -0.490. The summed E-state index contributed by atoms with van der Waals surface area (Å²) < 4.78 is 1.55. The van der Waals surface area contributed by atoms with E-state index in [1.54, 1.807) is 34.7 Å². The zero-order valence-electron chi connectivity index (χ0n) is 18.8. The first-order chi connectivity index (χ1) is 16.3. The normalized spacial score (nSPS) is 14.0. The first-order valence-corrected chi connectivity index (χ1v) is 11.1. The Morgan fingerprint density at radius 2 is 1.94 bits per heavy atom. The number of carbonyl (C=O) groups excluding carboxylic acids is 1. The lowest BCUT2D eigenvalue weighted by Crippen LogP contribution is -2.38. The summed E-state index contributed by atoms with van der Waals surface area (Å²) in [6, 6.07) is 12.3. The second-order valence-corrected chi connectivity index (χ2v) is 8.64. The Kier molecular flexibility index (Phi) is 5.41. The zero-order valence-corrected chi connectivity index (χ0v) is 19.6. The van der Waals surface area contributed by atoms with Crippen LogP contribution >= 0.6 is 11.6 Å². The molecule has 0 radical (unpaired) electrons. The van der Waals surface area contributed by atoms with Crippen LogP contribution < -0.4 is 16.2 Å². The van der Waals surface area contributed by atoms with Crippen LogP contribution in [0.3, 0.4) is 0 Å². The molecule has 1 aliphatic rings. The molecule has 0 fully saturated rings. The fourth-order valence-corrected chi connectivity index (χ4v) is 4.32. The molecule has 1 unspecified atom stereocenters. The largest absolute Gasteiger partial charge is 0.360 e. The maximum absolute atomic E-state index is 13.7. The molecule has 3 heterocycles. The van der Waals surface area contributed by atoms with Crippen LogP contribution in [0.15, 0.2) is 53.6 Å². The number of benzene rings is 2. The molecule has 0 aliphatic carbocycles. The van der Waals surface area contributed by atoms with Crippen molar-refractivity contribution in [2.24, 2.45) is 0 Å². The lowest BCUT2D eigenvalue weighted by Gasteiger charge is -2.27. The summed E-state index contributed by atoms with van der Waals surface area (Å²) in [6.07, 6.45) is 1.39. The van der Waals surface area contributed by atoms with Gasteiger partial charge in [-0.3, -0.25) is 14.2 Å². The van der Waals surface area contributed by atoms with E-state index >= 15 is 0 Å². The summed E-state index contributed by atoms with van der Waals surface area (Å²) in [5, 5.41) is 7.07. The van der Waals surface area contributed by atoms with Crippen molar-refractivity contribution in [2.45, 2.75) is 19.9 Å². The second kappa shape index (κ2) is 8.42. The van der Waals surface area contributed by atoms with Gasteiger partial charge in [-0.2, -0.15) is 0 Å². The average Bonchev–Trinajstić information content (AvgIpc) is 2.81. The second-order valence-electron chi connectivity index (χ2n) is 8.23. The first-order valence-electron chi connectivity index (χ1n) is 10.7. The van der Waals surface area contributed by atoms with E-state index in [0.29, 0.717) is 51.3 Å². The minimum absolute atomic E-state index is 0.196. The summed E-state index contributed by atoms with van der Waals surface area (Å²) in [4.78, 5) is 41.4. The van der Waals surface area contributed by atoms with E-state index in [1.807, 2.05) is 38.1 Å². The van der Waals surface area contributed by atoms with Crippen LogP contribution in [0.2, 0.25) is 5.02 Å². The van der Waals surface area contributed by atoms with Crippen molar-refractivity contribution in [2.75, 3.05) is 24.3 Å². The van der Waals surface area contributed by atoms with Crippen molar-refractivity contribution in [3.63, 3.8) is 0 Å². The predicted molar refractivity (Wildman–Crippen MR) is 132 cm³/mol. The van der Waals surface area contributed by atoms with Gasteiger partial charge in [0.1, 0.15) is 29.4 Å². The van der Waals surface area contributed by atoms with Crippen LogP contribution in [0.4, 0.5) is 11.6 Å². The van der Waals surface area contributed by atoms with Gasteiger partial charge >= 0.3 is 0 Å². The van der Waals surface area contributed by atoms with Gasteiger partial charge in [0.2, 0.25) is 0 Å². The Balaban J connectivity index is 1.68. The number of aromatic nitrogens is 4. The number of nitrogens with one attached hydrogen (secondary N) is 2.